The van der Waals surface area contributed by atoms with Gasteiger partial charge in [0.25, 0.3) is 0 Å². The molecule has 0 saturated heterocycles. The van der Waals surface area contributed by atoms with E-state index in [2.05, 4.69) is 118 Å². The van der Waals surface area contributed by atoms with E-state index < -0.39 is 6.10 Å². The average molecular weight is 1110 g/mol. The Balaban J connectivity index is 4.16. The molecule has 1 atom stereocenters. The smallest absolute Gasteiger partial charge is 0.306 e. The first kappa shape index (κ1) is 76.3. The molecule has 0 rings (SSSR count). The number of rotatable bonds is 62. The molecule has 0 heterocycles. The molecule has 1 unspecified atom stereocenters. The van der Waals surface area contributed by atoms with Crippen molar-refractivity contribution in [3.05, 3.63) is 97.2 Å². The molecular formula is C74H128O6. The quantitative estimate of drug-likeness (QED) is 0.0261. The maximum Gasteiger partial charge on any atom is 0.306 e. The van der Waals surface area contributed by atoms with E-state index in [1.165, 1.54) is 180 Å². The van der Waals surface area contributed by atoms with E-state index in [1.54, 1.807) is 0 Å². The van der Waals surface area contributed by atoms with Gasteiger partial charge >= 0.3 is 17.9 Å². The van der Waals surface area contributed by atoms with Gasteiger partial charge in [-0.3, -0.25) is 14.4 Å². The van der Waals surface area contributed by atoms with Crippen molar-refractivity contribution in [1.82, 2.24) is 0 Å². The Morgan fingerprint density at radius 3 is 0.775 bits per heavy atom. The van der Waals surface area contributed by atoms with Crippen LogP contribution in [0.5, 0.6) is 0 Å². The van der Waals surface area contributed by atoms with Gasteiger partial charge in [-0.15, -0.1) is 0 Å². The Bertz CT molecular complexity index is 1560. The number of hydrogen-bond donors (Lipinski definition) is 0. The van der Waals surface area contributed by atoms with E-state index in [1.807, 2.05) is 0 Å². The lowest BCUT2D eigenvalue weighted by Gasteiger charge is -2.18. The fourth-order valence-electron chi connectivity index (χ4n) is 9.78. The predicted molar refractivity (Wildman–Crippen MR) is 348 cm³/mol. The van der Waals surface area contributed by atoms with E-state index in [0.29, 0.717) is 19.3 Å². The summed E-state index contributed by atoms with van der Waals surface area (Å²) in [4.78, 5) is 38.3. The Morgan fingerprint density at radius 2 is 0.487 bits per heavy atom. The van der Waals surface area contributed by atoms with Crippen molar-refractivity contribution in [2.24, 2.45) is 0 Å². The average Bonchev–Trinajstić information content (AvgIpc) is 3.46. The molecule has 0 N–H and O–H groups in total. The van der Waals surface area contributed by atoms with Crippen molar-refractivity contribution in [2.45, 2.75) is 341 Å². The highest BCUT2D eigenvalue weighted by Gasteiger charge is 2.19. The van der Waals surface area contributed by atoms with Crippen molar-refractivity contribution in [1.29, 1.82) is 0 Å². The minimum absolute atomic E-state index is 0.0821. The van der Waals surface area contributed by atoms with Crippen LogP contribution < -0.4 is 0 Å². The van der Waals surface area contributed by atoms with Crippen molar-refractivity contribution in [3.8, 4) is 0 Å². The summed E-state index contributed by atoms with van der Waals surface area (Å²) in [6, 6.07) is 0. The van der Waals surface area contributed by atoms with Crippen LogP contribution in [-0.4, -0.2) is 37.2 Å². The van der Waals surface area contributed by atoms with Gasteiger partial charge in [0.2, 0.25) is 0 Å². The van der Waals surface area contributed by atoms with Gasteiger partial charge in [0.1, 0.15) is 13.2 Å². The van der Waals surface area contributed by atoms with Crippen LogP contribution >= 0.6 is 0 Å². The molecule has 0 radical (unpaired) electrons. The van der Waals surface area contributed by atoms with Gasteiger partial charge in [0.15, 0.2) is 6.10 Å². The molecule has 0 fully saturated rings. The Morgan fingerprint density at radius 1 is 0.263 bits per heavy atom. The van der Waals surface area contributed by atoms with E-state index in [-0.39, 0.29) is 31.1 Å². The zero-order valence-electron chi connectivity index (χ0n) is 52.8. The van der Waals surface area contributed by atoms with Crippen LogP contribution in [0.2, 0.25) is 0 Å². The van der Waals surface area contributed by atoms with Crippen LogP contribution in [0.15, 0.2) is 97.2 Å². The summed E-state index contributed by atoms with van der Waals surface area (Å²) in [7, 11) is 0. The van der Waals surface area contributed by atoms with E-state index in [0.717, 1.165) is 116 Å². The SMILES string of the molecule is CC/C=C\C/C=C\C/C=C\C/C=C\C/C=C\CCCCCCCCCCCCCCCCCCCC(=O)OCC(COC(=O)CCCCC/C=C\C/C=C\C/C=C\CC)OC(=O)CCCCCCCCCCCCCCCCCC. The molecule has 0 bridgehead atoms. The van der Waals surface area contributed by atoms with Crippen molar-refractivity contribution in [2.75, 3.05) is 13.2 Å². The summed E-state index contributed by atoms with van der Waals surface area (Å²) in [6.45, 7) is 6.43. The van der Waals surface area contributed by atoms with Gasteiger partial charge in [0, 0.05) is 19.3 Å². The van der Waals surface area contributed by atoms with Gasteiger partial charge in [-0.2, -0.15) is 0 Å². The lowest BCUT2D eigenvalue weighted by atomic mass is 10.0. The summed E-state index contributed by atoms with van der Waals surface area (Å²) in [5.74, 6) is -0.896. The first-order valence-corrected chi connectivity index (χ1v) is 34.2. The molecular weight excluding hydrogens is 985 g/mol. The van der Waals surface area contributed by atoms with Gasteiger partial charge in [-0.1, -0.05) is 317 Å². The molecule has 0 saturated carbocycles. The third-order valence-corrected chi connectivity index (χ3v) is 14.8. The van der Waals surface area contributed by atoms with Crippen LogP contribution in [0.4, 0.5) is 0 Å². The molecule has 0 spiro atoms. The zero-order valence-corrected chi connectivity index (χ0v) is 52.8. The fourth-order valence-corrected chi connectivity index (χ4v) is 9.78. The third-order valence-electron chi connectivity index (χ3n) is 14.8. The summed E-state index contributed by atoms with van der Waals surface area (Å²) in [5.41, 5.74) is 0. The molecule has 0 aliphatic heterocycles. The number of esters is 3. The number of carbonyl (C=O) groups excluding carboxylic acids is 3. The summed E-state index contributed by atoms with van der Waals surface area (Å²) < 4.78 is 16.9. The molecule has 0 aliphatic rings. The summed E-state index contributed by atoms with van der Waals surface area (Å²) in [6.07, 6.45) is 91.6. The van der Waals surface area contributed by atoms with Gasteiger partial charge in [-0.05, 0) is 96.3 Å². The molecule has 0 aromatic carbocycles. The standard InChI is InChI=1S/C74H128O6/c1-4-7-10-13-16-19-22-25-27-29-30-31-32-33-34-35-36-37-38-39-40-41-42-43-44-45-47-49-52-55-58-61-64-67-73(76)79-70-71(69-78-72(75)66-63-60-57-54-51-48-24-21-18-15-12-9-6-3)80-74(77)68-65-62-59-56-53-50-46-28-26-23-20-17-14-11-8-5-2/h7,9-10,12,16,18-19,21,25,27,30-31,33-34,48,51,71H,4-6,8,11,13-15,17,20,22-24,26,28-29,32,35-47,49-50,52-70H2,1-3H3/b10-7-,12-9-,19-16-,21-18-,27-25-,31-30-,34-33-,51-48-. The third kappa shape index (κ3) is 65.1. The summed E-state index contributed by atoms with van der Waals surface area (Å²) in [5, 5.41) is 0. The van der Waals surface area contributed by atoms with E-state index in [9.17, 15) is 14.4 Å². The van der Waals surface area contributed by atoms with Gasteiger partial charge in [-0.25, -0.2) is 0 Å². The number of hydrogen-bond acceptors (Lipinski definition) is 6. The maximum absolute atomic E-state index is 12.9. The van der Waals surface area contributed by atoms with Crippen molar-refractivity contribution >= 4 is 17.9 Å². The van der Waals surface area contributed by atoms with Crippen LogP contribution in [-0.2, 0) is 28.6 Å². The topological polar surface area (TPSA) is 78.9 Å². The zero-order chi connectivity index (χ0) is 57.8. The predicted octanol–water partition coefficient (Wildman–Crippen LogP) is 23.6. The second kappa shape index (κ2) is 67.8. The van der Waals surface area contributed by atoms with Crippen LogP contribution in [0.3, 0.4) is 0 Å². The first-order chi connectivity index (χ1) is 39.5. The minimum atomic E-state index is -0.787. The number of carbonyl (C=O) groups is 3. The lowest BCUT2D eigenvalue weighted by Crippen LogP contribution is -2.30. The second-order valence-electron chi connectivity index (χ2n) is 22.7. The largest absolute Gasteiger partial charge is 0.462 e. The minimum Gasteiger partial charge on any atom is -0.462 e. The second-order valence-corrected chi connectivity index (χ2v) is 22.7. The molecule has 0 aromatic rings. The van der Waals surface area contributed by atoms with E-state index in [4.69, 9.17) is 14.2 Å². The number of unbranched alkanes of at least 4 members (excludes halogenated alkanes) is 35. The molecule has 6 nitrogen and oxygen atoms in total. The molecule has 0 aliphatic carbocycles. The Kier molecular flexibility index (Phi) is 64.7. The van der Waals surface area contributed by atoms with Gasteiger partial charge in [0.05, 0.1) is 0 Å². The molecule has 80 heavy (non-hydrogen) atoms. The van der Waals surface area contributed by atoms with E-state index >= 15 is 0 Å². The first-order valence-electron chi connectivity index (χ1n) is 34.2. The number of allylic oxidation sites excluding steroid dienone is 16. The lowest BCUT2D eigenvalue weighted by molar-refractivity contribution is -0.167. The molecule has 0 amide bonds. The highest BCUT2D eigenvalue weighted by Crippen LogP contribution is 2.18. The Labute approximate surface area is 496 Å². The van der Waals surface area contributed by atoms with Crippen molar-refractivity contribution < 1.29 is 28.6 Å². The highest BCUT2D eigenvalue weighted by molar-refractivity contribution is 5.71. The monoisotopic (exact) mass is 1110 g/mol. The number of ether oxygens (including phenoxy) is 3. The van der Waals surface area contributed by atoms with Crippen molar-refractivity contribution in [3.63, 3.8) is 0 Å². The fraction of sp³-hybridized carbons (Fsp3) is 0.743. The van der Waals surface area contributed by atoms with Gasteiger partial charge < -0.3 is 14.2 Å². The maximum atomic E-state index is 12.9. The van der Waals surface area contributed by atoms with Crippen LogP contribution in [0.1, 0.15) is 335 Å². The van der Waals surface area contributed by atoms with Crippen LogP contribution in [0, 0.1) is 0 Å². The molecule has 6 heteroatoms. The van der Waals surface area contributed by atoms with Crippen LogP contribution in [0.25, 0.3) is 0 Å². The Hall–Kier alpha value is -3.67. The summed E-state index contributed by atoms with van der Waals surface area (Å²) >= 11 is 0. The molecule has 460 valence electrons. The molecule has 0 aromatic heterocycles. The highest BCUT2D eigenvalue weighted by atomic mass is 16.6. The normalized spacial score (nSPS) is 12.7.